The Morgan fingerprint density at radius 1 is 1.45 bits per heavy atom. The summed E-state index contributed by atoms with van der Waals surface area (Å²) in [5.41, 5.74) is 2.01. The van der Waals surface area contributed by atoms with Crippen molar-refractivity contribution >= 4 is 11.9 Å². The molecule has 22 heavy (non-hydrogen) atoms. The van der Waals surface area contributed by atoms with Gasteiger partial charge in [-0.25, -0.2) is 9.78 Å². The Labute approximate surface area is 128 Å². The van der Waals surface area contributed by atoms with Gasteiger partial charge in [-0.15, -0.1) is 0 Å². The van der Waals surface area contributed by atoms with Gasteiger partial charge in [-0.05, 0) is 26.3 Å². The van der Waals surface area contributed by atoms with E-state index in [1.807, 2.05) is 17.7 Å². The molecule has 118 valence electrons. The standard InChI is InChI=1S/C15H20N4O3/c1-9(7-19-6-5-16-8-19)17-14(20)13-10(2)12(11(3)18-13)15(21)22-4/h5-6,8-9,18H,7H2,1-4H3,(H,17,20). The minimum absolute atomic E-state index is 0.0775. The van der Waals surface area contributed by atoms with Gasteiger partial charge in [0, 0.05) is 30.7 Å². The zero-order chi connectivity index (χ0) is 16.3. The smallest absolute Gasteiger partial charge is 0.339 e. The molecule has 2 rings (SSSR count). The second-order valence-corrected chi connectivity index (χ2v) is 5.25. The van der Waals surface area contributed by atoms with E-state index in [4.69, 9.17) is 4.74 Å². The van der Waals surface area contributed by atoms with Crippen LogP contribution in [-0.4, -0.2) is 39.6 Å². The Bertz CT molecular complexity index is 673. The molecule has 2 heterocycles. The summed E-state index contributed by atoms with van der Waals surface area (Å²) in [5, 5.41) is 2.90. The molecule has 0 saturated heterocycles. The van der Waals surface area contributed by atoms with Gasteiger partial charge in [0.05, 0.1) is 19.0 Å². The topological polar surface area (TPSA) is 89.0 Å². The fourth-order valence-electron chi connectivity index (χ4n) is 2.44. The van der Waals surface area contributed by atoms with Crippen molar-refractivity contribution in [2.45, 2.75) is 33.4 Å². The molecule has 2 aromatic heterocycles. The second-order valence-electron chi connectivity index (χ2n) is 5.25. The number of carbonyl (C=O) groups excluding carboxylic acids is 2. The molecule has 7 nitrogen and oxygen atoms in total. The number of carbonyl (C=O) groups is 2. The highest BCUT2D eigenvalue weighted by Gasteiger charge is 2.23. The number of aromatic nitrogens is 3. The van der Waals surface area contributed by atoms with Crippen LogP contribution < -0.4 is 5.32 Å². The number of amides is 1. The van der Waals surface area contributed by atoms with Crippen molar-refractivity contribution in [3.05, 3.63) is 41.2 Å². The van der Waals surface area contributed by atoms with Crippen LogP contribution in [0.3, 0.4) is 0 Å². The Hall–Kier alpha value is -2.57. The maximum Gasteiger partial charge on any atom is 0.339 e. The molecule has 0 aliphatic carbocycles. The molecule has 0 radical (unpaired) electrons. The number of esters is 1. The van der Waals surface area contributed by atoms with Gasteiger partial charge in [-0.1, -0.05) is 0 Å². The van der Waals surface area contributed by atoms with Gasteiger partial charge in [-0.3, -0.25) is 4.79 Å². The number of H-pyrrole nitrogens is 1. The summed E-state index contributed by atoms with van der Waals surface area (Å²) in [6.45, 7) is 5.99. The van der Waals surface area contributed by atoms with Crippen molar-refractivity contribution in [2.24, 2.45) is 0 Å². The third kappa shape index (κ3) is 3.19. The van der Waals surface area contributed by atoms with Crippen molar-refractivity contribution in [1.29, 1.82) is 0 Å². The largest absolute Gasteiger partial charge is 0.465 e. The quantitative estimate of drug-likeness (QED) is 0.818. The maximum absolute atomic E-state index is 12.4. The number of imidazole rings is 1. The third-order valence-electron chi connectivity index (χ3n) is 3.48. The molecule has 0 bridgehead atoms. The van der Waals surface area contributed by atoms with Crippen LogP contribution in [0.2, 0.25) is 0 Å². The van der Waals surface area contributed by atoms with Crippen LogP contribution in [0.15, 0.2) is 18.7 Å². The van der Waals surface area contributed by atoms with Gasteiger partial charge in [0.1, 0.15) is 5.69 Å². The number of aryl methyl sites for hydroxylation is 1. The average Bonchev–Trinajstić information content (AvgIpc) is 3.06. The molecule has 0 aliphatic rings. The first kappa shape index (κ1) is 15.8. The molecule has 1 unspecified atom stereocenters. The van der Waals surface area contributed by atoms with Gasteiger partial charge >= 0.3 is 5.97 Å². The molecule has 0 aromatic carbocycles. The average molecular weight is 304 g/mol. The lowest BCUT2D eigenvalue weighted by Crippen LogP contribution is -2.36. The zero-order valence-electron chi connectivity index (χ0n) is 13.1. The monoisotopic (exact) mass is 304 g/mol. The van der Waals surface area contributed by atoms with Crippen molar-refractivity contribution in [3.8, 4) is 0 Å². The molecule has 0 aliphatic heterocycles. The molecule has 2 N–H and O–H groups in total. The molecule has 0 fully saturated rings. The number of ether oxygens (including phenoxy) is 1. The minimum atomic E-state index is -0.447. The highest BCUT2D eigenvalue weighted by Crippen LogP contribution is 2.18. The van der Waals surface area contributed by atoms with Crippen LogP contribution >= 0.6 is 0 Å². The van der Waals surface area contributed by atoms with Crippen LogP contribution in [0.4, 0.5) is 0 Å². The molecule has 1 amide bonds. The molecule has 1 atom stereocenters. The Morgan fingerprint density at radius 2 is 2.18 bits per heavy atom. The van der Waals surface area contributed by atoms with Gasteiger partial charge in [0.25, 0.3) is 5.91 Å². The predicted octanol–water partition coefficient (Wildman–Crippen LogP) is 1.43. The number of rotatable bonds is 5. The summed E-state index contributed by atoms with van der Waals surface area (Å²) in [6.07, 6.45) is 5.22. The van der Waals surface area contributed by atoms with Gasteiger partial charge < -0.3 is 19.6 Å². The summed E-state index contributed by atoms with van der Waals surface area (Å²) in [5.74, 6) is -0.694. The fraction of sp³-hybridized carbons (Fsp3) is 0.400. The van der Waals surface area contributed by atoms with E-state index in [2.05, 4.69) is 15.3 Å². The first-order chi connectivity index (χ1) is 10.4. The third-order valence-corrected chi connectivity index (χ3v) is 3.48. The SMILES string of the molecule is COC(=O)c1c(C)[nH]c(C(=O)NC(C)Cn2ccnc2)c1C. The maximum atomic E-state index is 12.4. The molecule has 7 heteroatoms. The van der Waals surface area contributed by atoms with E-state index < -0.39 is 5.97 Å². The predicted molar refractivity (Wildman–Crippen MR) is 80.8 cm³/mol. The lowest BCUT2D eigenvalue weighted by molar-refractivity contribution is 0.0599. The highest BCUT2D eigenvalue weighted by atomic mass is 16.5. The number of hydrogen-bond donors (Lipinski definition) is 2. The normalized spacial score (nSPS) is 12.0. The number of aromatic amines is 1. The highest BCUT2D eigenvalue weighted by molar-refractivity contribution is 6.00. The summed E-state index contributed by atoms with van der Waals surface area (Å²) in [7, 11) is 1.32. The van der Waals surface area contributed by atoms with Crippen LogP contribution in [0.25, 0.3) is 0 Å². The zero-order valence-corrected chi connectivity index (χ0v) is 13.1. The van der Waals surface area contributed by atoms with Crippen LogP contribution in [0.5, 0.6) is 0 Å². The van der Waals surface area contributed by atoms with Crippen molar-refractivity contribution in [1.82, 2.24) is 19.9 Å². The summed E-state index contributed by atoms with van der Waals surface area (Å²) in [4.78, 5) is 31.0. The number of methoxy groups -OCH3 is 1. The lowest BCUT2D eigenvalue weighted by Gasteiger charge is -2.14. The molecule has 0 saturated carbocycles. The number of nitrogens with zero attached hydrogens (tertiary/aromatic N) is 2. The van der Waals surface area contributed by atoms with Crippen LogP contribution in [0, 0.1) is 13.8 Å². The Balaban J connectivity index is 2.11. The van der Waals surface area contributed by atoms with Gasteiger partial charge in [0.2, 0.25) is 0 Å². The van der Waals surface area contributed by atoms with E-state index in [1.54, 1.807) is 26.4 Å². The Morgan fingerprint density at radius 3 is 2.77 bits per heavy atom. The number of hydrogen-bond acceptors (Lipinski definition) is 4. The van der Waals surface area contributed by atoms with Crippen LogP contribution in [-0.2, 0) is 11.3 Å². The fourth-order valence-corrected chi connectivity index (χ4v) is 2.44. The van der Waals surface area contributed by atoms with Crippen molar-refractivity contribution in [3.63, 3.8) is 0 Å². The van der Waals surface area contributed by atoms with Crippen LogP contribution in [0.1, 0.15) is 39.0 Å². The minimum Gasteiger partial charge on any atom is -0.465 e. The van der Waals surface area contributed by atoms with E-state index in [-0.39, 0.29) is 11.9 Å². The van der Waals surface area contributed by atoms with E-state index in [9.17, 15) is 9.59 Å². The van der Waals surface area contributed by atoms with E-state index in [1.165, 1.54) is 7.11 Å². The second kappa shape index (κ2) is 6.46. The molecular formula is C15H20N4O3. The van der Waals surface area contributed by atoms with E-state index in [0.29, 0.717) is 29.1 Å². The first-order valence-electron chi connectivity index (χ1n) is 6.98. The van der Waals surface area contributed by atoms with Crippen molar-refractivity contribution < 1.29 is 14.3 Å². The summed E-state index contributed by atoms with van der Waals surface area (Å²) >= 11 is 0. The van der Waals surface area contributed by atoms with E-state index in [0.717, 1.165) is 0 Å². The molecular weight excluding hydrogens is 284 g/mol. The van der Waals surface area contributed by atoms with E-state index >= 15 is 0 Å². The first-order valence-corrected chi connectivity index (χ1v) is 6.98. The lowest BCUT2D eigenvalue weighted by atomic mass is 10.1. The van der Waals surface area contributed by atoms with Crippen molar-refractivity contribution in [2.75, 3.05) is 7.11 Å². The van der Waals surface area contributed by atoms with Gasteiger partial charge in [0.15, 0.2) is 0 Å². The summed E-state index contributed by atoms with van der Waals surface area (Å²) in [6, 6.07) is -0.0775. The molecule has 0 spiro atoms. The summed E-state index contributed by atoms with van der Waals surface area (Å²) < 4.78 is 6.63. The molecule has 2 aromatic rings. The van der Waals surface area contributed by atoms with Gasteiger partial charge in [-0.2, -0.15) is 0 Å². The number of nitrogens with one attached hydrogen (secondary N) is 2. The Kier molecular flexibility index (Phi) is 4.65.